The zero-order chi connectivity index (χ0) is 12.9. The fraction of sp³-hybridized carbons (Fsp3) is 0.500. The number of benzene rings is 1. The van der Waals surface area contributed by atoms with Crippen molar-refractivity contribution in [1.82, 2.24) is 0 Å². The van der Waals surface area contributed by atoms with Crippen LogP contribution in [0.4, 0.5) is 0 Å². The topological polar surface area (TPSA) is 52.6 Å². The SMILES string of the molecule is COC[C@H](C)[C@@H](OS(C)(=O)=O)c1ccccc1. The van der Waals surface area contributed by atoms with Crippen LogP contribution in [0.25, 0.3) is 0 Å². The highest BCUT2D eigenvalue weighted by Gasteiger charge is 2.24. The first kappa shape index (κ1) is 14.2. The largest absolute Gasteiger partial charge is 0.384 e. The van der Waals surface area contributed by atoms with Gasteiger partial charge in [0.05, 0.1) is 12.9 Å². The molecule has 0 aliphatic carbocycles. The summed E-state index contributed by atoms with van der Waals surface area (Å²) in [6.45, 7) is 2.33. The molecule has 0 N–H and O–H groups in total. The first-order chi connectivity index (χ1) is 7.94. The van der Waals surface area contributed by atoms with Crippen LogP contribution < -0.4 is 0 Å². The highest BCUT2D eigenvalue weighted by atomic mass is 32.2. The summed E-state index contributed by atoms with van der Waals surface area (Å²) in [5.74, 6) is -0.0443. The molecule has 0 amide bonds. The number of ether oxygens (including phenoxy) is 1. The lowest BCUT2D eigenvalue weighted by atomic mass is 9.98. The lowest BCUT2D eigenvalue weighted by Crippen LogP contribution is -2.20. The summed E-state index contributed by atoms with van der Waals surface area (Å²) >= 11 is 0. The molecule has 1 rings (SSSR count). The third-order valence-corrected chi connectivity index (χ3v) is 2.91. The predicted octanol–water partition coefficient (Wildman–Crippen LogP) is 1.99. The predicted molar refractivity (Wildman–Crippen MR) is 66.2 cm³/mol. The Morgan fingerprint density at radius 3 is 2.29 bits per heavy atom. The van der Waals surface area contributed by atoms with E-state index < -0.39 is 16.2 Å². The van der Waals surface area contributed by atoms with E-state index in [1.54, 1.807) is 7.11 Å². The van der Waals surface area contributed by atoms with E-state index in [1.807, 2.05) is 37.3 Å². The van der Waals surface area contributed by atoms with Crippen molar-refractivity contribution in [1.29, 1.82) is 0 Å². The zero-order valence-electron chi connectivity index (χ0n) is 10.3. The van der Waals surface area contributed by atoms with Gasteiger partial charge in [-0.1, -0.05) is 37.3 Å². The van der Waals surface area contributed by atoms with Crippen molar-refractivity contribution in [2.24, 2.45) is 5.92 Å². The molecule has 0 saturated carbocycles. The molecule has 0 unspecified atom stereocenters. The number of methoxy groups -OCH3 is 1. The van der Waals surface area contributed by atoms with Crippen LogP contribution in [0.1, 0.15) is 18.6 Å². The third-order valence-electron chi connectivity index (χ3n) is 2.35. The van der Waals surface area contributed by atoms with E-state index in [0.717, 1.165) is 11.8 Å². The normalized spacial score (nSPS) is 15.5. The van der Waals surface area contributed by atoms with Gasteiger partial charge in [0.2, 0.25) is 0 Å². The molecule has 1 aromatic carbocycles. The van der Waals surface area contributed by atoms with Crippen LogP contribution in [0.15, 0.2) is 30.3 Å². The molecule has 2 atom stereocenters. The summed E-state index contributed by atoms with van der Waals surface area (Å²) in [6, 6.07) is 9.28. The van der Waals surface area contributed by atoms with Crippen LogP contribution in [0, 0.1) is 5.92 Å². The minimum absolute atomic E-state index is 0.0443. The van der Waals surface area contributed by atoms with E-state index >= 15 is 0 Å². The minimum Gasteiger partial charge on any atom is -0.384 e. The third kappa shape index (κ3) is 4.85. The number of hydrogen-bond acceptors (Lipinski definition) is 4. The molecule has 17 heavy (non-hydrogen) atoms. The van der Waals surface area contributed by atoms with Crippen molar-refractivity contribution in [3.63, 3.8) is 0 Å². The van der Waals surface area contributed by atoms with Crippen molar-refractivity contribution >= 4 is 10.1 Å². The minimum atomic E-state index is -3.49. The molecular formula is C12H18O4S. The Morgan fingerprint density at radius 2 is 1.82 bits per heavy atom. The van der Waals surface area contributed by atoms with Crippen molar-refractivity contribution in [3.05, 3.63) is 35.9 Å². The Kier molecular flexibility index (Phi) is 5.11. The fourth-order valence-electron chi connectivity index (χ4n) is 1.66. The zero-order valence-corrected chi connectivity index (χ0v) is 11.1. The molecule has 0 aromatic heterocycles. The molecule has 0 heterocycles. The standard InChI is InChI=1S/C12H18O4S/c1-10(9-15-2)12(16-17(3,13)14)11-7-5-4-6-8-11/h4-8,10,12H,9H2,1-3H3/t10-,12+/m0/s1. The van der Waals surface area contributed by atoms with Gasteiger partial charge in [-0.3, -0.25) is 4.18 Å². The van der Waals surface area contributed by atoms with E-state index in [1.165, 1.54) is 0 Å². The van der Waals surface area contributed by atoms with Gasteiger partial charge in [-0.2, -0.15) is 8.42 Å². The molecule has 0 spiro atoms. The Labute approximate surface area is 103 Å². The van der Waals surface area contributed by atoms with Crippen LogP contribution in [-0.4, -0.2) is 28.4 Å². The van der Waals surface area contributed by atoms with E-state index in [4.69, 9.17) is 8.92 Å². The molecule has 0 saturated heterocycles. The van der Waals surface area contributed by atoms with E-state index in [-0.39, 0.29) is 5.92 Å². The number of rotatable bonds is 6. The van der Waals surface area contributed by atoms with Crippen molar-refractivity contribution < 1.29 is 17.3 Å². The second-order valence-corrected chi connectivity index (χ2v) is 5.66. The average molecular weight is 258 g/mol. The molecule has 4 nitrogen and oxygen atoms in total. The van der Waals surface area contributed by atoms with E-state index in [2.05, 4.69) is 0 Å². The van der Waals surface area contributed by atoms with Gasteiger partial charge in [0.15, 0.2) is 0 Å². The monoisotopic (exact) mass is 258 g/mol. The summed E-state index contributed by atoms with van der Waals surface area (Å²) in [6.07, 6.45) is 0.550. The summed E-state index contributed by atoms with van der Waals surface area (Å²) < 4.78 is 32.7. The molecule has 0 bridgehead atoms. The van der Waals surface area contributed by atoms with Crippen LogP contribution in [0.3, 0.4) is 0 Å². The van der Waals surface area contributed by atoms with Gasteiger partial charge in [-0.05, 0) is 5.56 Å². The maximum absolute atomic E-state index is 11.3. The first-order valence-corrected chi connectivity index (χ1v) is 7.18. The quantitative estimate of drug-likeness (QED) is 0.732. The van der Waals surface area contributed by atoms with Gasteiger partial charge >= 0.3 is 0 Å². The Balaban J connectivity index is 2.94. The first-order valence-electron chi connectivity index (χ1n) is 5.36. The summed E-state index contributed by atoms with van der Waals surface area (Å²) in [5.41, 5.74) is 0.836. The second-order valence-electron chi connectivity index (χ2n) is 4.06. The fourth-order valence-corrected chi connectivity index (χ4v) is 2.34. The van der Waals surface area contributed by atoms with Crippen LogP contribution in [0.2, 0.25) is 0 Å². The van der Waals surface area contributed by atoms with Crippen LogP contribution in [-0.2, 0) is 19.0 Å². The van der Waals surface area contributed by atoms with Crippen molar-refractivity contribution in [2.45, 2.75) is 13.0 Å². The molecule has 0 aliphatic rings. The Hall–Kier alpha value is -0.910. The van der Waals surface area contributed by atoms with Gasteiger partial charge in [0.25, 0.3) is 10.1 Å². The maximum Gasteiger partial charge on any atom is 0.264 e. The molecule has 5 heteroatoms. The highest BCUT2D eigenvalue weighted by Crippen LogP contribution is 2.27. The smallest absolute Gasteiger partial charge is 0.264 e. The molecule has 0 radical (unpaired) electrons. The lowest BCUT2D eigenvalue weighted by molar-refractivity contribution is 0.0770. The summed E-state index contributed by atoms with van der Waals surface area (Å²) in [5, 5.41) is 0. The average Bonchev–Trinajstić information content (AvgIpc) is 2.26. The van der Waals surface area contributed by atoms with Crippen molar-refractivity contribution in [3.8, 4) is 0 Å². The molecule has 0 aliphatic heterocycles. The van der Waals surface area contributed by atoms with Gasteiger partial charge in [0.1, 0.15) is 6.10 Å². The van der Waals surface area contributed by atoms with Gasteiger partial charge in [0, 0.05) is 13.0 Å². The van der Waals surface area contributed by atoms with E-state index in [9.17, 15) is 8.42 Å². The van der Waals surface area contributed by atoms with Crippen molar-refractivity contribution in [2.75, 3.05) is 20.0 Å². The second kappa shape index (κ2) is 6.14. The summed E-state index contributed by atoms with van der Waals surface area (Å²) in [7, 11) is -1.91. The lowest BCUT2D eigenvalue weighted by Gasteiger charge is -2.22. The van der Waals surface area contributed by atoms with Gasteiger partial charge < -0.3 is 4.74 Å². The molecule has 96 valence electrons. The maximum atomic E-state index is 11.3. The van der Waals surface area contributed by atoms with Gasteiger partial charge in [-0.25, -0.2) is 0 Å². The molecular weight excluding hydrogens is 240 g/mol. The Morgan fingerprint density at radius 1 is 1.24 bits per heavy atom. The van der Waals surface area contributed by atoms with Gasteiger partial charge in [-0.15, -0.1) is 0 Å². The number of hydrogen-bond donors (Lipinski definition) is 0. The summed E-state index contributed by atoms with van der Waals surface area (Å²) in [4.78, 5) is 0. The molecule has 0 fully saturated rings. The highest BCUT2D eigenvalue weighted by molar-refractivity contribution is 7.86. The van der Waals surface area contributed by atoms with Crippen LogP contribution >= 0.6 is 0 Å². The van der Waals surface area contributed by atoms with Crippen LogP contribution in [0.5, 0.6) is 0 Å². The Bertz CT molecular complexity index is 427. The van der Waals surface area contributed by atoms with E-state index in [0.29, 0.717) is 6.61 Å². The molecule has 1 aromatic rings.